The van der Waals surface area contributed by atoms with Crippen molar-refractivity contribution in [3.8, 4) is 0 Å². The van der Waals surface area contributed by atoms with Crippen molar-refractivity contribution in [3.63, 3.8) is 0 Å². The Morgan fingerprint density at radius 1 is 1.44 bits per heavy atom. The topological polar surface area (TPSA) is 74.4 Å². The van der Waals surface area contributed by atoms with Crippen molar-refractivity contribution in [2.75, 3.05) is 6.61 Å². The normalized spacial score (nSPS) is 10.5. The van der Waals surface area contributed by atoms with Gasteiger partial charge in [-0.1, -0.05) is 0 Å². The average molecular weight is 248 g/mol. The monoisotopic (exact) mass is 248 g/mol. The first-order valence-electron chi connectivity index (χ1n) is 5.44. The van der Waals surface area contributed by atoms with Gasteiger partial charge in [0.05, 0.1) is 11.5 Å². The summed E-state index contributed by atoms with van der Waals surface area (Å²) in [4.78, 5) is 20.9. The zero-order valence-electron chi connectivity index (χ0n) is 9.83. The van der Waals surface area contributed by atoms with E-state index in [2.05, 4.69) is 0 Å². The van der Waals surface area contributed by atoms with Crippen LogP contribution in [0.15, 0.2) is 30.5 Å². The van der Waals surface area contributed by atoms with Crippen LogP contribution in [0.5, 0.6) is 0 Å². The number of nitro benzene ring substituents is 1. The van der Waals surface area contributed by atoms with E-state index in [1.165, 1.54) is 19.1 Å². The Morgan fingerprint density at radius 2 is 2.22 bits per heavy atom. The molecule has 2 rings (SSSR count). The van der Waals surface area contributed by atoms with Crippen LogP contribution in [0.2, 0.25) is 0 Å². The number of nitro groups is 1. The Kier molecular flexibility index (Phi) is 3.27. The second-order valence-corrected chi connectivity index (χ2v) is 3.85. The van der Waals surface area contributed by atoms with E-state index in [1.807, 2.05) is 10.8 Å². The van der Waals surface area contributed by atoms with Gasteiger partial charge >= 0.3 is 5.97 Å². The predicted octanol–water partition coefficient (Wildman–Crippen LogP) is 2.11. The fourth-order valence-corrected chi connectivity index (χ4v) is 1.78. The number of fused-ring (bicyclic) bond motifs is 1. The number of rotatable bonds is 4. The van der Waals surface area contributed by atoms with Crippen molar-refractivity contribution < 1.29 is 14.5 Å². The van der Waals surface area contributed by atoms with Gasteiger partial charge < -0.3 is 9.30 Å². The third-order valence-electron chi connectivity index (χ3n) is 2.60. The lowest BCUT2D eigenvalue weighted by atomic mass is 10.2. The molecule has 0 spiro atoms. The van der Waals surface area contributed by atoms with Gasteiger partial charge in [-0.2, -0.15) is 0 Å². The zero-order chi connectivity index (χ0) is 13.1. The highest BCUT2D eigenvalue weighted by atomic mass is 16.6. The smallest absolute Gasteiger partial charge is 0.302 e. The van der Waals surface area contributed by atoms with Gasteiger partial charge in [0, 0.05) is 36.2 Å². The SMILES string of the molecule is CC(=O)OCCn1ccc2cc([N+](=O)[O-])ccc21. The zero-order valence-corrected chi connectivity index (χ0v) is 9.83. The third kappa shape index (κ3) is 2.48. The molecule has 6 heteroatoms. The van der Waals surface area contributed by atoms with Gasteiger partial charge in [0.2, 0.25) is 0 Å². The fraction of sp³-hybridized carbons (Fsp3) is 0.250. The second kappa shape index (κ2) is 4.87. The predicted molar refractivity (Wildman–Crippen MR) is 65.2 cm³/mol. The standard InChI is InChI=1S/C12H12N2O4/c1-9(15)18-7-6-13-5-4-10-8-11(14(16)17)2-3-12(10)13/h2-5,8H,6-7H2,1H3. The molecule has 94 valence electrons. The number of hydrogen-bond acceptors (Lipinski definition) is 4. The van der Waals surface area contributed by atoms with Gasteiger partial charge in [-0.25, -0.2) is 0 Å². The van der Waals surface area contributed by atoms with E-state index in [0.29, 0.717) is 6.54 Å². The van der Waals surface area contributed by atoms with E-state index in [1.54, 1.807) is 12.1 Å². The van der Waals surface area contributed by atoms with E-state index >= 15 is 0 Å². The molecular formula is C12H12N2O4. The molecule has 0 radical (unpaired) electrons. The van der Waals surface area contributed by atoms with E-state index in [9.17, 15) is 14.9 Å². The van der Waals surface area contributed by atoms with Crippen LogP contribution in [0.3, 0.4) is 0 Å². The fourth-order valence-electron chi connectivity index (χ4n) is 1.78. The van der Waals surface area contributed by atoms with Crippen LogP contribution < -0.4 is 0 Å². The summed E-state index contributed by atoms with van der Waals surface area (Å²) in [6, 6.07) is 6.49. The minimum atomic E-state index is -0.421. The summed E-state index contributed by atoms with van der Waals surface area (Å²) >= 11 is 0. The molecule has 2 aromatic rings. The molecule has 0 aliphatic carbocycles. The van der Waals surface area contributed by atoms with Crippen LogP contribution in [0.4, 0.5) is 5.69 Å². The summed E-state index contributed by atoms with van der Waals surface area (Å²) in [5, 5.41) is 11.4. The van der Waals surface area contributed by atoms with Crippen molar-refractivity contribution in [1.82, 2.24) is 4.57 Å². The molecule has 0 aliphatic heterocycles. The van der Waals surface area contributed by atoms with Crippen LogP contribution in [0.1, 0.15) is 6.92 Å². The lowest BCUT2D eigenvalue weighted by molar-refractivity contribution is -0.384. The van der Waals surface area contributed by atoms with Gasteiger partial charge in [-0.05, 0) is 12.1 Å². The molecule has 0 fully saturated rings. The van der Waals surface area contributed by atoms with E-state index < -0.39 is 4.92 Å². The van der Waals surface area contributed by atoms with Crippen molar-refractivity contribution in [3.05, 3.63) is 40.6 Å². The van der Waals surface area contributed by atoms with Crippen LogP contribution >= 0.6 is 0 Å². The van der Waals surface area contributed by atoms with Gasteiger partial charge in [-0.3, -0.25) is 14.9 Å². The number of non-ortho nitro benzene ring substituents is 1. The molecule has 0 atom stereocenters. The minimum absolute atomic E-state index is 0.0697. The molecule has 0 N–H and O–H groups in total. The van der Waals surface area contributed by atoms with Gasteiger partial charge in [0.1, 0.15) is 6.61 Å². The Hall–Kier alpha value is -2.37. The maximum absolute atomic E-state index is 10.6. The van der Waals surface area contributed by atoms with E-state index in [4.69, 9.17) is 4.74 Å². The number of nitrogens with zero attached hydrogens (tertiary/aromatic N) is 2. The molecule has 1 aromatic heterocycles. The van der Waals surface area contributed by atoms with E-state index in [0.717, 1.165) is 10.9 Å². The van der Waals surface area contributed by atoms with Gasteiger partial charge in [0.25, 0.3) is 5.69 Å². The number of benzene rings is 1. The molecule has 1 heterocycles. The number of hydrogen-bond donors (Lipinski definition) is 0. The van der Waals surface area contributed by atoms with Crippen molar-refractivity contribution in [1.29, 1.82) is 0 Å². The second-order valence-electron chi connectivity index (χ2n) is 3.85. The number of ether oxygens (including phenoxy) is 1. The first kappa shape index (κ1) is 12.1. The Balaban J connectivity index is 2.20. The third-order valence-corrected chi connectivity index (χ3v) is 2.60. The summed E-state index contributed by atoms with van der Waals surface area (Å²) < 4.78 is 6.75. The molecule has 0 bridgehead atoms. The molecular weight excluding hydrogens is 236 g/mol. The van der Waals surface area contributed by atoms with Gasteiger partial charge in [0.15, 0.2) is 0 Å². The first-order valence-corrected chi connectivity index (χ1v) is 5.44. The van der Waals surface area contributed by atoms with E-state index in [-0.39, 0.29) is 18.3 Å². The maximum atomic E-state index is 10.6. The van der Waals surface area contributed by atoms with Crippen LogP contribution in [0, 0.1) is 10.1 Å². The molecule has 0 amide bonds. The highest BCUT2D eigenvalue weighted by molar-refractivity contribution is 5.82. The summed E-state index contributed by atoms with van der Waals surface area (Å²) in [5.41, 5.74) is 0.952. The lowest BCUT2D eigenvalue weighted by Gasteiger charge is -2.05. The van der Waals surface area contributed by atoms with Crippen molar-refractivity contribution >= 4 is 22.6 Å². The quantitative estimate of drug-likeness (QED) is 0.472. The van der Waals surface area contributed by atoms with Crippen molar-refractivity contribution in [2.45, 2.75) is 13.5 Å². The maximum Gasteiger partial charge on any atom is 0.302 e. The molecule has 1 aromatic carbocycles. The Bertz CT molecular complexity index is 603. The van der Waals surface area contributed by atoms with Crippen molar-refractivity contribution in [2.24, 2.45) is 0 Å². The highest BCUT2D eigenvalue weighted by Crippen LogP contribution is 2.21. The minimum Gasteiger partial charge on any atom is -0.464 e. The van der Waals surface area contributed by atoms with Crippen LogP contribution in [0.25, 0.3) is 10.9 Å². The lowest BCUT2D eigenvalue weighted by Crippen LogP contribution is -2.07. The molecule has 6 nitrogen and oxygen atoms in total. The number of carbonyl (C=O) groups excluding carboxylic acids is 1. The molecule has 18 heavy (non-hydrogen) atoms. The summed E-state index contributed by atoms with van der Waals surface area (Å²) in [5.74, 6) is -0.318. The Labute approximate surface area is 103 Å². The molecule has 0 saturated heterocycles. The average Bonchev–Trinajstić information content (AvgIpc) is 2.71. The largest absolute Gasteiger partial charge is 0.464 e. The number of esters is 1. The molecule has 0 saturated carbocycles. The Morgan fingerprint density at radius 3 is 2.89 bits per heavy atom. The van der Waals surface area contributed by atoms with Crippen LogP contribution in [-0.2, 0) is 16.1 Å². The number of aromatic nitrogens is 1. The van der Waals surface area contributed by atoms with Gasteiger partial charge in [-0.15, -0.1) is 0 Å². The van der Waals surface area contributed by atoms with Crippen LogP contribution in [-0.4, -0.2) is 22.1 Å². The summed E-state index contributed by atoms with van der Waals surface area (Å²) in [7, 11) is 0. The molecule has 0 aliphatic rings. The number of carbonyl (C=O) groups is 1. The summed E-state index contributed by atoms with van der Waals surface area (Å²) in [6.45, 7) is 2.17. The molecule has 0 unspecified atom stereocenters. The first-order chi connectivity index (χ1) is 8.58. The summed E-state index contributed by atoms with van der Waals surface area (Å²) in [6.07, 6.45) is 1.82. The highest BCUT2D eigenvalue weighted by Gasteiger charge is 2.08.